The van der Waals surface area contributed by atoms with Crippen LogP contribution in [0.1, 0.15) is 6.92 Å². The average Bonchev–Trinajstić information content (AvgIpc) is 2.19. The Bertz CT molecular complexity index is 307. The number of benzene rings is 1. The second kappa shape index (κ2) is 5.41. The van der Waals surface area contributed by atoms with E-state index in [0.29, 0.717) is 22.4 Å². The van der Waals surface area contributed by atoms with E-state index in [0.717, 1.165) is 0 Å². The third-order valence-corrected chi connectivity index (χ3v) is 2.41. The van der Waals surface area contributed by atoms with Gasteiger partial charge in [0, 0.05) is 6.07 Å². The minimum Gasteiger partial charge on any atom is -0.492 e. The van der Waals surface area contributed by atoms with Gasteiger partial charge in [-0.15, -0.1) is 0 Å². The third-order valence-electron chi connectivity index (χ3n) is 1.68. The van der Waals surface area contributed by atoms with E-state index in [2.05, 4.69) is 5.43 Å². The molecule has 0 bridgehead atoms. The molecule has 3 nitrogen and oxygen atoms in total. The van der Waals surface area contributed by atoms with E-state index in [1.54, 1.807) is 18.2 Å². The van der Waals surface area contributed by atoms with Crippen molar-refractivity contribution in [3.05, 3.63) is 28.2 Å². The zero-order chi connectivity index (χ0) is 10.6. The summed E-state index contributed by atoms with van der Waals surface area (Å²) < 4.78 is 5.41. The Balaban J connectivity index is 2.55. The molecular weight excluding hydrogens is 223 g/mol. The SMILES string of the molecule is CC(COc1ccc(Cl)c(Cl)c1)NN. The lowest BCUT2D eigenvalue weighted by Gasteiger charge is -2.11. The predicted molar refractivity (Wildman–Crippen MR) is 58.7 cm³/mol. The van der Waals surface area contributed by atoms with E-state index >= 15 is 0 Å². The van der Waals surface area contributed by atoms with Crippen LogP contribution >= 0.6 is 23.2 Å². The fourth-order valence-corrected chi connectivity index (χ4v) is 1.12. The highest BCUT2D eigenvalue weighted by atomic mass is 35.5. The largest absolute Gasteiger partial charge is 0.492 e. The van der Waals surface area contributed by atoms with E-state index in [-0.39, 0.29) is 6.04 Å². The Morgan fingerprint density at radius 2 is 2.14 bits per heavy atom. The minimum atomic E-state index is 0.0875. The Kier molecular flexibility index (Phi) is 4.48. The van der Waals surface area contributed by atoms with Crippen LogP contribution in [0.2, 0.25) is 10.0 Å². The molecule has 1 unspecified atom stereocenters. The van der Waals surface area contributed by atoms with Crippen LogP contribution in [0.15, 0.2) is 18.2 Å². The molecule has 1 aromatic rings. The first-order valence-corrected chi connectivity index (χ1v) is 4.93. The second-order valence-corrected chi connectivity index (χ2v) is 3.77. The van der Waals surface area contributed by atoms with Crippen molar-refractivity contribution in [2.75, 3.05) is 6.61 Å². The highest BCUT2D eigenvalue weighted by Crippen LogP contribution is 2.26. The van der Waals surface area contributed by atoms with Crippen molar-refractivity contribution < 1.29 is 4.74 Å². The van der Waals surface area contributed by atoms with Crippen molar-refractivity contribution in [1.82, 2.24) is 5.43 Å². The number of rotatable bonds is 4. The molecule has 78 valence electrons. The molecule has 1 rings (SSSR count). The number of nitrogens with two attached hydrogens (primary N) is 1. The van der Waals surface area contributed by atoms with E-state index in [4.69, 9.17) is 33.8 Å². The number of hydrazine groups is 1. The second-order valence-electron chi connectivity index (χ2n) is 2.95. The molecule has 0 aliphatic heterocycles. The highest BCUT2D eigenvalue weighted by Gasteiger charge is 2.02. The Labute approximate surface area is 93.1 Å². The van der Waals surface area contributed by atoms with Gasteiger partial charge in [-0.25, -0.2) is 0 Å². The van der Waals surface area contributed by atoms with Crippen molar-refractivity contribution in [2.24, 2.45) is 5.84 Å². The smallest absolute Gasteiger partial charge is 0.120 e. The van der Waals surface area contributed by atoms with Crippen LogP contribution in [0.5, 0.6) is 5.75 Å². The van der Waals surface area contributed by atoms with Gasteiger partial charge < -0.3 is 4.74 Å². The van der Waals surface area contributed by atoms with Gasteiger partial charge in [-0.05, 0) is 19.1 Å². The number of nitrogens with one attached hydrogen (secondary N) is 1. The first-order chi connectivity index (χ1) is 6.63. The summed E-state index contributed by atoms with van der Waals surface area (Å²) in [6.45, 7) is 2.39. The van der Waals surface area contributed by atoms with Crippen LogP contribution in [0.3, 0.4) is 0 Å². The van der Waals surface area contributed by atoms with Gasteiger partial charge in [-0.3, -0.25) is 11.3 Å². The summed E-state index contributed by atoms with van der Waals surface area (Å²) in [6.07, 6.45) is 0. The van der Waals surface area contributed by atoms with Gasteiger partial charge in [-0.1, -0.05) is 23.2 Å². The van der Waals surface area contributed by atoms with Crippen LogP contribution in [0.25, 0.3) is 0 Å². The van der Waals surface area contributed by atoms with Crippen LogP contribution < -0.4 is 16.0 Å². The summed E-state index contributed by atoms with van der Waals surface area (Å²) in [7, 11) is 0. The number of halogens is 2. The summed E-state index contributed by atoms with van der Waals surface area (Å²) in [5.41, 5.74) is 2.58. The molecule has 1 aromatic carbocycles. The van der Waals surface area contributed by atoms with Crippen molar-refractivity contribution in [3.8, 4) is 5.75 Å². The summed E-state index contributed by atoms with van der Waals surface area (Å²) in [5, 5.41) is 1.00. The number of ether oxygens (including phenoxy) is 1. The Morgan fingerprint density at radius 3 is 2.71 bits per heavy atom. The topological polar surface area (TPSA) is 47.3 Å². The molecule has 1 atom stereocenters. The highest BCUT2D eigenvalue weighted by molar-refractivity contribution is 6.42. The van der Waals surface area contributed by atoms with Gasteiger partial charge in [0.2, 0.25) is 0 Å². The van der Waals surface area contributed by atoms with E-state index in [1.807, 2.05) is 6.92 Å². The molecule has 14 heavy (non-hydrogen) atoms. The number of hydrogen-bond acceptors (Lipinski definition) is 3. The quantitative estimate of drug-likeness (QED) is 0.621. The zero-order valence-electron chi connectivity index (χ0n) is 7.76. The lowest BCUT2D eigenvalue weighted by molar-refractivity contribution is 0.275. The van der Waals surface area contributed by atoms with E-state index in [9.17, 15) is 0 Å². The van der Waals surface area contributed by atoms with E-state index < -0.39 is 0 Å². The standard InChI is InChI=1S/C9H12Cl2N2O/c1-6(13-12)5-14-7-2-3-8(10)9(11)4-7/h2-4,6,13H,5,12H2,1H3. The monoisotopic (exact) mass is 234 g/mol. The maximum atomic E-state index is 5.81. The molecule has 0 radical (unpaired) electrons. The van der Waals surface area contributed by atoms with Crippen molar-refractivity contribution >= 4 is 23.2 Å². The average molecular weight is 235 g/mol. The summed E-state index contributed by atoms with van der Waals surface area (Å²) >= 11 is 11.6. The maximum absolute atomic E-state index is 5.81. The molecule has 3 N–H and O–H groups in total. The lowest BCUT2D eigenvalue weighted by atomic mass is 10.3. The molecule has 0 fully saturated rings. The first kappa shape index (κ1) is 11.6. The molecule has 0 saturated carbocycles. The summed E-state index contributed by atoms with van der Waals surface area (Å²) in [4.78, 5) is 0. The van der Waals surface area contributed by atoms with Gasteiger partial charge in [0.25, 0.3) is 0 Å². The van der Waals surface area contributed by atoms with Crippen LogP contribution in [0.4, 0.5) is 0 Å². The third kappa shape index (κ3) is 3.35. The van der Waals surface area contributed by atoms with Gasteiger partial charge in [0.15, 0.2) is 0 Å². The maximum Gasteiger partial charge on any atom is 0.120 e. The molecule has 0 aliphatic carbocycles. The summed E-state index contributed by atoms with van der Waals surface area (Å²) in [6, 6.07) is 5.22. The van der Waals surface area contributed by atoms with Crippen molar-refractivity contribution in [1.29, 1.82) is 0 Å². The minimum absolute atomic E-state index is 0.0875. The molecular formula is C9H12Cl2N2O. The molecule has 0 aromatic heterocycles. The zero-order valence-corrected chi connectivity index (χ0v) is 9.27. The number of hydrogen-bond donors (Lipinski definition) is 2. The van der Waals surface area contributed by atoms with Crippen molar-refractivity contribution in [3.63, 3.8) is 0 Å². The van der Waals surface area contributed by atoms with Crippen LogP contribution in [0, 0.1) is 0 Å². The molecule has 0 aliphatic rings. The molecule has 0 spiro atoms. The van der Waals surface area contributed by atoms with Gasteiger partial charge in [0.05, 0.1) is 16.1 Å². The summed E-state index contributed by atoms with van der Waals surface area (Å²) in [5.74, 6) is 5.89. The molecule has 0 saturated heterocycles. The lowest BCUT2D eigenvalue weighted by Crippen LogP contribution is -2.36. The Morgan fingerprint density at radius 1 is 1.43 bits per heavy atom. The van der Waals surface area contributed by atoms with Gasteiger partial charge in [0.1, 0.15) is 12.4 Å². The van der Waals surface area contributed by atoms with E-state index in [1.165, 1.54) is 0 Å². The fourth-order valence-electron chi connectivity index (χ4n) is 0.836. The van der Waals surface area contributed by atoms with Crippen LogP contribution in [-0.2, 0) is 0 Å². The van der Waals surface area contributed by atoms with Crippen molar-refractivity contribution in [2.45, 2.75) is 13.0 Å². The fraction of sp³-hybridized carbons (Fsp3) is 0.333. The van der Waals surface area contributed by atoms with Crippen LogP contribution in [-0.4, -0.2) is 12.6 Å². The molecule has 0 amide bonds. The van der Waals surface area contributed by atoms with Gasteiger partial charge >= 0.3 is 0 Å². The van der Waals surface area contributed by atoms with Gasteiger partial charge in [-0.2, -0.15) is 0 Å². The molecule has 0 heterocycles. The first-order valence-electron chi connectivity index (χ1n) is 4.17. The molecule has 5 heteroatoms. The normalized spacial score (nSPS) is 12.6. The Hall–Kier alpha value is -0.480. The predicted octanol–water partition coefficient (Wildman–Crippen LogP) is 2.22.